The van der Waals surface area contributed by atoms with Gasteiger partial charge in [-0.05, 0) is 64.2 Å². The lowest BCUT2D eigenvalue weighted by Gasteiger charge is -2.35. The number of methoxy groups -OCH3 is 1. The third-order valence-electron chi connectivity index (χ3n) is 6.32. The summed E-state index contributed by atoms with van der Waals surface area (Å²) in [7, 11) is 1.72. The molecule has 1 aliphatic heterocycles. The Kier molecular flexibility index (Phi) is 7.96. The summed E-state index contributed by atoms with van der Waals surface area (Å²) >= 11 is 0. The van der Waals surface area contributed by atoms with E-state index in [9.17, 15) is 9.59 Å². The lowest BCUT2D eigenvalue weighted by atomic mass is 10.1. The average Bonchev–Trinajstić information content (AvgIpc) is 3.61. The lowest BCUT2D eigenvalue weighted by molar-refractivity contribution is -0.150. The van der Waals surface area contributed by atoms with Crippen LogP contribution in [0, 0.1) is 0 Å². The second-order valence-corrected chi connectivity index (χ2v) is 10.4. The first-order valence-corrected chi connectivity index (χ1v) is 12.6. The van der Waals surface area contributed by atoms with Gasteiger partial charge >= 0.3 is 6.09 Å². The first-order valence-electron chi connectivity index (χ1n) is 12.6. The number of hydrogen-bond acceptors (Lipinski definition) is 6. The predicted molar refractivity (Wildman–Crippen MR) is 132 cm³/mol. The van der Waals surface area contributed by atoms with Crippen LogP contribution >= 0.6 is 0 Å². The number of nitrogens with zero attached hydrogens (tertiary/aromatic N) is 4. The van der Waals surface area contributed by atoms with Gasteiger partial charge in [0.25, 0.3) is 5.91 Å². The van der Waals surface area contributed by atoms with Gasteiger partial charge in [-0.1, -0.05) is 0 Å². The van der Waals surface area contributed by atoms with Crippen molar-refractivity contribution in [1.29, 1.82) is 0 Å². The molecule has 0 spiro atoms. The summed E-state index contributed by atoms with van der Waals surface area (Å²) in [5.74, 6) is -0.0642. The van der Waals surface area contributed by atoms with Gasteiger partial charge in [0.1, 0.15) is 11.2 Å². The molecule has 1 aliphatic carbocycles. The van der Waals surface area contributed by atoms with Gasteiger partial charge in [-0.15, -0.1) is 0 Å². The molecule has 0 bridgehead atoms. The van der Waals surface area contributed by atoms with Gasteiger partial charge in [0.2, 0.25) is 0 Å². The maximum Gasteiger partial charge on any atom is 0.410 e. The second-order valence-electron chi connectivity index (χ2n) is 10.4. The first kappa shape index (κ1) is 25.4. The summed E-state index contributed by atoms with van der Waals surface area (Å²) < 4.78 is 18.7. The number of rotatable bonds is 9. The fraction of sp³-hybridized carbons (Fsp3) is 0.654. The highest BCUT2D eigenvalue weighted by atomic mass is 16.6. The number of pyridine rings is 1. The molecule has 1 saturated carbocycles. The standard InChI is InChI=1S/C26H38N4O5/c1-26(2,3)35-25(32)29-13-15-34-22(18-29)24(31)30(20-9-10-20)17-19-16-28(12-5-6-14-33-4)23-21(19)8-7-11-27-23/h7-8,11,16,20,22H,5-6,9-10,12-15,17-18H2,1-4H3/t22-/m1/s1. The fourth-order valence-electron chi connectivity index (χ4n) is 4.45. The normalized spacial score (nSPS) is 18.6. The SMILES string of the molecule is COCCCCn1cc(CN(C(=O)[C@H]2CN(C(=O)OC(C)(C)C)CCO2)C2CC2)c2cccnc21. The molecule has 2 fully saturated rings. The monoisotopic (exact) mass is 486 g/mol. The van der Waals surface area contributed by atoms with E-state index < -0.39 is 17.8 Å². The van der Waals surface area contributed by atoms with Crippen LogP contribution < -0.4 is 0 Å². The van der Waals surface area contributed by atoms with E-state index in [1.807, 2.05) is 37.9 Å². The van der Waals surface area contributed by atoms with E-state index in [0.717, 1.165) is 55.4 Å². The Bertz CT molecular complexity index is 1030. The van der Waals surface area contributed by atoms with Crippen LogP contribution in [0.15, 0.2) is 24.5 Å². The number of carbonyl (C=O) groups is 2. The van der Waals surface area contributed by atoms with Gasteiger partial charge in [-0.25, -0.2) is 9.78 Å². The van der Waals surface area contributed by atoms with Crippen LogP contribution in [0.4, 0.5) is 4.79 Å². The van der Waals surface area contributed by atoms with Crippen LogP contribution in [-0.4, -0.2) is 82.5 Å². The molecular formula is C26H38N4O5. The molecule has 192 valence electrons. The Balaban J connectivity index is 1.48. The minimum absolute atomic E-state index is 0.0642. The number of aromatic nitrogens is 2. The van der Waals surface area contributed by atoms with Crippen molar-refractivity contribution in [1.82, 2.24) is 19.4 Å². The minimum Gasteiger partial charge on any atom is -0.444 e. The number of ether oxygens (including phenoxy) is 3. The highest BCUT2D eigenvalue weighted by molar-refractivity contribution is 5.84. The summed E-state index contributed by atoms with van der Waals surface area (Å²) in [5.41, 5.74) is 1.44. The Morgan fingerprint density at radius 3 is 2.77 bits per heavy atom. The zero-order chi connectivity index (χ0) is 25.0. The Hall–Kier alpha value is -2.65. The molecule has 2 aromatic rings. The smallest absolute Gasteiger partial charge is 0.410 e. The summed E-state index contributed by atoms with van der Waals surface area (Å²) in [5, 5.41) is 1.07. The van der Waals surface area contributed by atoms with Crippen molar-refractivity contribution in [3.8, 4) is 0 Å². The molecular weight excluding hydrogens is 448 g/mol. The lowest BCUT2D eigenvalue weighted by Crippen LogP contribution is -2.53. The summed E-state index contributed by atoms with van der Waals surface area (Å²) in [4.78, 5) is 34.3. The molecule has 2 amide bonds. The maximum absolute atomic E-state index is 13.6. The molecule has 9 heteroatoms. The van der Waals surface area contributed by atoms with E-state index in [2.05, 4.69) is 21.8 Å². The molecule has 35 heavy (non-hydrogen) atoms. The number of hydrogen-bond donors (Lipinski definition) is 0. The number of aryl methyl sites for hydroxylation is 1. The Morgan fingerprint density at radius 2 is 2.06 bits per heavy atom. The van der Waals surface area contributed by atoms with Gasteiger partial charge in [-0.3, -0.25) is 4.79 Å². The Labute approximate surface area is 207 Å². The molecule has 1 saturated heterocycles. The summed E-state index contributed by atoms with van der Waals surface area (Å²) in [6.45, 7) is 8.56. The topological polar surface area (TPSA) is 86.1 Å². The van der Waals surface area contributed by atoms with Crippen molar-refractivity contribution >= 4 is 23.0 Å². The van der Waals surface area contributed by atoms with Crippen molar-refractivity contribution in [3.63, 3.8) is 0 Å². The minimum atomic E-state index is -0.683. The van der Waals surface area contributed by atoms with E-state index in [1.165, 1.54) is 0 Å². The number of unbranched alkanes of at least 4 members (excludes halogenated alkanes) is 1. The molecule has 0 aromatic carbocycles. The number of carbonyl (C=O) groups excluding carboxylic acids is 2. The zero-order valence-electron chi connectivity index (χ0n) is 21.4. The van der Waals surface area contributed by atoms with Crippen LogP contribution in [0.3, 0.4) is 0 Å². The Morgan fingerprint density at radius 1 is 1.26 bits per heavy atom. The number of morpholine rings is 1. The molecule has 2 aromatic heterocycles. The molecule has 0 unspecified atom stereocenters. The number of fused-ring (bicyclic) bond motifs is 1. The average molecular weight is 487 g/mol. The van der Waals surface area contributed by atoms with E-state index >= 15 is 0 Å². The van der Waals surface area contributed by atoms with Crippen molar-refractivity contribution < 1.29 is 23.8 Å². The van der Waals surface area contributed by atoms with Crippen molar-refractivity contribution in [2.45, 2.75) is 77.3 Å². The van der Waals surface area contributed by atoms with Crippen molar-refractivity contribution in [2.24, 2.45) is 0 Å². The fourth-order valence-corrected chi connectivity index (χ4v) is 4.45. The molecule has 2 aliphatic rings. The first-order chi connectivity index (χ1) is 16.8. The second kappa shape index (κ2) is 11.0. The van der Waals surface area contributed by atoms with Crippen molar-refractivity contribution in [2.75, 3.05) is 33.4 Å². The van der Waals surface area contributed by atoms with Crippen LogP contribution in [0.1, 0.15) is 52.0 Å². The van der Waals surface area contributed by atoms with Crippen LogP contribution in [0.2, 0.25) is 0 Å². The highest BCUT2D eigenvalue weighted by Gasteiger charge is 2.39. The van der Waals surface area contributed by atoms with Crippen LogP contribution in [-0.2, 0) is 32.1 Å². The van der Waals surface area contributed by atoms with Gasteiger partial charge in [-0.2, -0.15) is 0 Å². The molecule has 4 rings (SSSR count). The molecule has 0 N–H and O–H groups in total. The van der Waals surface area contributed by atoms with Crippen molar-refractivity contribution in [3.05, 3.63) is 30.1 Å². The zero-order valence-corrected chi connectivity index (χ0v) is 21.4. The molecule has 0 radical (unpaired) electrons. The van der Waals surface area contributed by atoms with E-state index in [1.54, 1.807) is 12.0 Å². The van der Waals surface area contributed by atoms with Crippen LogP contribution in [0.25, 0.3) is 11.0 Å². The third-order valence-corrected chi connectivity index (χ3v) is 6.32. The molecule has 3 heterocycles. The largest absolute Gasteiger partial charge is 0.444 e. The maximum atomic E-state index is 13.6. The van der Waals surface area contributed by atoms with Gasteiger partial charge in [0.05, 0.1) is 13.2 Å². The van der Waals surface area contributed by atoms with Crippen LogP contribution in [0.5, 0.6) is 0 Å². The van der Waals surface area contributed by atoms with E-state index in [4.69, 9.17) is 14.2 Å². The summed E-state index contributed by atoms with van der Waals surface area (Å²) in [6.07, 6.45) is 6.80. The third kappa shape index (κ3) is 6.52. The van der Waals surface area contributed by atoms with E-state index in [-0.39, 0.29) is 18.5 Å². The molecule has 9 nitrogen and oxygen atoms in total. The van der Waals surface area contributed by atoms with E-state index in [0.29, 0.717) is 19.7 Å². The summed E-state index contributed by atoms with van der Waals surface area (Å²) in [6, 6.07) is 4.22. The predicted octanol–water partition coefficient (Wildman–Crippen LogP) is 3.59. The highest BCUT2D eigenvalue weighted by Crippen LogP contribution is 2.32. The quantitative estimate of drug-likeness (QED) is 0.504. The van der Waals surface area contributed by atoms with Gasteiger partial charge in [0.15, 0.2) is 6.10 Å². The van der Waals surface area contributed by atoms with Gasteiger partial charge in [0, 0.05) is 57.2 Å². The molecule has 1 atom stereocenters. The van der Waals surface area contributed by atoms with Gasteiger partial charge < -0.3 is 28.6 Å². The number of amides is 2.